The Hall–Kier alpha value is -3.56. The van der Waals surface area contributed by atoms with Crippen LogP contribution < -0.4 is 9.47 Å². The van der Waals surface area contributed by atoms with Crippen LogP contribution in [-0.4, -0.2) is 21.3 Å². The minimum Gasteiger partial charge on any atom is -0.497 e. The lowest BCUT2D eigenvalue weighted by molar-refractivity contribution is 0.0589. The average molecular weight is 411 g/mol. The van der Waals surface area contributed by atoms with Gasteiger partial charge in [0.1, 0.15) is 17.1 Å². The third-order valence-electron chi connectivity index (χ3n) is 5.69. The number of benzene rings is 4. The molecule has 0 radical (unpaired) electrons. The molecule has 0 aliphatic heterocycles. The molecule has 3 heteroatoms. The van der Waals surface area contributed by atoms with E-state index in [-0.39, 0.29) is 0 Å². The van der Waals surface area contributed by atoms with Gasteiger partial charge in [-0.1, -0.05) is 78.9 Å². The van der Waals surface area contributed by atoms with E-state index < -0.39 is 5.60 Å². The second-order valence-electron chi connectivity index (χ2n) is 7.25. The lowest BCUT2D eigenvalue weighted by atomic mass is 9.77. The normalized spacial score (nSPS) is 12.7. The molecule has 31 heavy (non-hydrogen) atoms. The Morgan fingerprint density at radius 3 is 1.61 bits per heavy atom. The zero-order valence-corrected chi connectivity index (χ0v) is 18.0. The minimum absolute atomic E-state index is 0.788. The van der Waals surface area contributed by atoms with Gasteiger partial charge in [0, 0.05) is 12.7 Å². The highest BCUT2D eigenvalue weighted by molar-refractivity contribution is 5.72. The Bertz CT molecular complexity index is 1120. The fraction of sp³-hybridized carbons (Fsp3) is 0.143. The predicted octanol–water partition coefficient (Wildman–Crippen LogP) is 6.31. The third kappa shape index (κ3) is 3.80. The zero-order chi connectivity index (χ0) is 21.7. The van der Waals surface area contributed by atoms with Crippen molar-refractivity contribution in [2.24, 2.45) is 0 Å². The van der Waals surface area contributed by atoms with E-state index in [4.69, 9.17) is 14.2 Å². The highest BCUT2D eigenvalue weighted by Gasteiger charge is 2.38. The molecule has 1 atom stereocenters. The first-order chi connectivity index (χ1) is 15.2. The standard InChI is InChI=1S/C28H26O3/c1-29-24-17-13-21(14-18-24)26-11-7-8-12-27(26)28(31-3,22-9-5-4-6-10-22)23-15-19-25(30-2)20-16-23/h4-20H,1-3H3. The van der Waals surface area contributed by atoms with Crippen LogP contribution >= 0.6 is 0 Å². The van der Waals surface area contributed by atoms with Gasteiger partial charge >= 0.3 is 0 Å². The molecular formula is C28H26O3. The number of rotatable bonds is 7. The first-order valence-corrected chi connectivity index (χ1v) is 10.2. The van der Waals surface area contributed by atoms with E-state index in [2.05, 4.69) is 60.7 Å². The Morgan fingerprint density at radius 1 is 0.516 bits per heavy atom. The number of ether oxygens (including phenoxy) is 3. The topological polar surface area (TPSA) is 27.7 Å². The molecule has 0 heterocycles. The highest BCUT2D eigenvalue weighted by Crippen LogP contribution is 2.44. The molecule has 0 saturated carbocycles. The maximum atomic E-state index is 6.41. The quantitative estimate of drug-likeness (QED) is 0.334. The van der Waals surface area contributed by atoms with Crippen LogP contribution in [0.5, 0.6) is 11.5 Å². The molecule has 4 rings (SSSR count). The van der Waals surface area contributed by atoms with Crippen molar-refractivity contribution in [2.75, 3.05) is 21.3 Å². The molecule has 3 nitrogen and oxygen atoms in total. The molecule has 4 aromatic carbocycles. The van der Waals surface area contributed by atoms with Crippen LogP contribution in [0, 0.1) is 0 Å². The predicted molar refractivity (Wildman–Crippen MR) is 125 cm³/mol. The number of hydrogen-bond acceptors (Lipinski definition) is 3. The molecule has 0 bridgehead atoms. The van der Waals surface area contributed by atoms with Crippen LogP contribution in [-0.2, 0) is 10.3 Å². The van der Waals surface area contributed by atoms with Gasteiger partial charge in [-0.2, -0.15) is 0 Å². The first kappa shape index (κ1) is 20.7. The molecule has 0 fully saturated rings. The number of hydrogen-bond donors (Lipinski definition) is 0. The largest absolute Gasteiger partial charge is 0.497 e. The second kappa shape index (κ2) is 9.07. The van der Waals surface area contributed by atoms with Crippen molar-refractivity contribution >= 4 is 0 Å². The molecule has 4 aromatic rings. The average Bonchev–Trinajstić information content (AvgIpc) is 2.86. The van der Waals surface area contributed by atoms with Crippen LogP contribution in [0.25, 0.3) is 11.1 Å². The van der Waals surface area contributed by atoms with E-state index in [0.717, 1.165) is 39.3 Å². The molecular weight excluding hydrogens is 384 g/mol. The van der Waals surface area contributed by atoms with Gasteiger partial charge in [-0.3, -0.25) is 0 Å². The van der Waals surface area contributed by atoms with Crippen molar-refractivity contribution in [3.8, 4) is 22.6 Å². The lowest BCUT2D eigenvalue weighted by Crippen LogP contribution is -2.32. The lowest BCUT2D eigenvalue weighted by Gasteiger charge is -2.36. The zero-order valence-electron chi connectivity index (χ0n) is 18.0. The highest BCUT2D eigenvalue weighted by atomic mass is 16.5. The molecule has 0 saturated heterocycles. The van der Waals surface area contributed by atoms with Crippen molar-refractivity contribution < 1.29 is 14.2 Å². The molecule has 0 aliphatic carbocycles. The van der Waals surface area contributed by atoms with Crippen molar-refractivity contribution in [1.82, 2.24) is 0 Å². The molecule has 0 aromatic heterocycles. The Morgan fingerprint density at radius 2 is 1.03 bits per heavy atom. The molecule has 0 amide bonds. The van der Waals surface area contributed by atoms with E-state index >= 15 is 0 Å². The van der Waals surface area contributed by atoms with Crippen LogP contribution in [0.4, 0.5) is 0 Å². The first-order valence-electron chi connectivity index (χ1n) is 10.2. The van der Waals surface area contributed by atoms with Crippen LogP contribution in [0.2, 0.25) is 0 Å². The van der Waals surface area contributed by atoms with Crippen molar-refractivity contribution in [3.05, 3.63) is 120 Å². The monoisotopic (exact) mass is 410 g/mol. The van der Waals surface area contributed by atoms with Gasteiger partial charge in [-0.25, -0.2) is 0 Å². The Balaban J connectivity index is 1.98. The summed E-state index contributed by atoms with van der Waals surface area (Å²) >= 11 is 0. The third-order valence-corrected chi connectivity index (χ3v) is 5.69. The molecule has 0 aliphatic rings. The summed E-state index contributed by atoms with van der Waals surface area (Å²) in [5.74, 6) is 1.64. The van der Waals surface area contributed by atoms with Crippen molar-refractivity contribution in [1.29, 1.82) is 0 Å². The van der Waals surface area contributed by atoms with Gasteiger partial charge in [0.15, 0.2) is 0 Å². The summed E-state index contributed by atoms with van der Waals surface area (Å²) < 4.78 is 17.1. The molecule has 1 unspecified atom stereocenters. The van der Waals surface area contributed by atoms with Crippen molar-refractivity contribution in [3.63, 3.8) is 0 Å². The minimum atomic E-state index is -0.788. The smallest absolute Gasteiger partial charge is 0.143 e. The molecule has 0 spiro atoms. The summed E-state index contributed by atoms with van der Waals surface area (Å²) in [5.41, 5.74) is 4.57. The van der Waals surface area contributed by atoms with Crippen LogP contribution in [0.15, 0.2) is 103 Å². The Labute approximate surface area is 183 Å². The number of methoxy groups -OCH3 is 3. The fourth-order valence-corrected chi connectivity index (χ4v) is 4.13. The fourth-order valence-electron chi connectivity index (χ4n) is 4.13. The van der Waals surface area contributed by atoms with Gasteiger partial charge in [0.25, 0.3) is 0 Å². The summed E-state index contributed by atoms with van der Waals surface area (Å²) in [6, 6.07) is 34.9. The summed E-state index contributed by atoms with van der Waals surface area (Å²) in [4.78, 5) is 0. The van der Waals surface area contributed by atoms with Crippen LogP contribution in [0.3, 0.4) is 0 Å². The van der Waals surface area contributed by atoms with E-state index in [1.165, 1.54) is 0 Å². The van der Waals surface area contributed by atoms with E-state index in [0.29, 0.717) is 0 Å². The summed E-state index contributed by atoms with van der Waals surface area (Å²) in [5, 5.41) is 0. The summed E-state index contributed by atoms with van der Waals surface area (Å²) in [7, 11) is 5.12. The van der Waals surface area contributed by atoms with Gasteiger partial charge in [0.05, 0.1) is 14.2 Å². The molecule has 0 N–H and O–H groups in total. The van der Waals surface area contributed by atoms with Gasteiger partial charge in [-0.05, 0) is 46.5 Å². The Kier molecular flexibility index (Phi) is 6.06. The summed E-state index contributed by atoms with van der Waals surface area (Å²) in [6.07, 6.45) is 0. The SMILES string of the molecule is COc1ccc(-c2ccccc2C(OC)(c2ccccc2)c2ccc(OC)cc2)cc1. The van der Waals surface area contributed by atoms with E-state index in [1.54, 1.807) is 21.3 Å². The second-order valence-corrected chi connectivity index (χ2v) is 7.25. The maximum Gasteiger partial charge on any atom is 0.143 e. The van der Waals surface area contributed by atoms with E-state index in [9.17, 15) is 0 Å². The summed E-state index contributed by atoms with van der Waals surface area (Å²) in [6.45, 7) is 0. The van der Waals surface area contributed by atoms with Gasteiger partial charge in [0.2, 0.25) is 0 Å². The van der Waals surface area contributed by atoms with Crippen LogP contribution in [0.1, 0.15) is 16.7 Å². The van der Waals surface area contributed by atoms with Gasteiger partial charge in [-0.15, -0.1) is 0 Å². The van der Waals surface area contributed by atoms with E-state index in [1.807, 2.05) is 42.5 Å². The van der Waals surface area contributed by atoms with Gasteiger partial charge < -0.3 is 14.2 Å². The molecule has 156 valence electrons. The maximum absolute atomic E-state index is 6.41. The van der Waals surface area contributed by atoms with Crippen molar-refractivity contribution in [2.45, 2.75) is 5.60 Å².